The van der Waals surface area contributed by atoms with Crippen LogP contribution in [0, 0.1) is 35.5 Å². The van der Waals surface area contributed by atoms with Crippen LogP contribution in [-0.2, 0) is 23.7 Å². The Labute approximate surface area is 294 Å². The highest BCUT2D eigenvalue weighted by Gasteiger charge is 2.42. The van der Waals surface area contributed by atoms with Gasteiger partial charge in [-0.2, -0.15) is 0 Å². The van der Waals surface area contributed by atoms with Gasteiger partial charge in [0, 0.05) is 42.1 Å². The van der Waals surface area contributed by atoms with Crippen LogP contribution in [0.2, 0.25) is 0 Å². The van der Waals surface area contributed by atoms with Gasteiger partial charge >= 0.3 is 5.97 Å². The zero-order valence-corrected chi connectivity index (χ0v) is 31.8. The number of allylic oxidation sites excluding steroid dienone is 6. The second-order valence-electron chi connectivity index (χ2n) is 14.2. The van der Waals surface area contributed by atoms with E-state index >= 15 is 0 Å². The van der Waals surface area contributed by atoms with E-state index in [0.717, 1.165) is 5.57 Å². The summed E-state index contributed by atoms with van der Waals surface area (Å²) >= 11 is 6.75. The van der Waals surface area contributed by atoms with E-state index in [1.165, 1.54) is 7.11 Å². The molecule has 2 aliphatic heterocycles. The average molecular weight is 695 g/mol. The van der Waals surface area contributed by atoms with Crippen molar-refractivity contribution in [3.63, 3.8) is 0 Å². The van der Waals surface area contributed by atoms with Crippen molar-refractivity contribution >= 4 is 17.6 Å². The topological polar surface area (TPSA) is 115 Å². The first-order valence-corrected chi connectivity index (χ1v) is 18.0. The number of hydrogen-bond acceptors (Lipinski definition) is 8. The van der Waals surface area contributed by atoms with Crippen molar-refractivity contribution in [2.45, 2.75) is 130 Å². The first kappa shape index (κ1) is 42.2. The molecule has 2 aliphatic rings. The van der Waals surface area contributed by atoms with E-state index < -0.39 is 42.4 Å². The molecule has 1 fully saturated rings. The van der Waals surface area contributed by atoms with Crippen LogP contribution in [0.3, 0.4) is 0 Å². The normalized spacial score (nSPS) is 40.9. The summed E-state index contributed by atoms with van der Waals surface area (Å²) in [6, 6.07) is 0. The lowest BCUT2D eigenvalue weighted by Gasteiger charge is -2.42. The second-order valence-corrected chi connectivity index (χ2v) is 14.7. The first-order chi connectivity index (χ1) is 22.6. The van der Waals surface area contributed by atoms with Crippen LogP contribution in [0.1, 0.15) is 81.6 Å². The third-order valence-electron chi connectivity index (χ3n) is 10.4. The molecule has 8 nitrogen and oxygen atoms in total. The molecule has 14 atom stereocenters. The number of carbonyl (C=O) groups is 1. The van der Waals surface area contributed by atoms with Crippen molar-refractivity contribution < 1.29 is 39.1 Å². The Morgan fingerprint density at radius 1 is 1.10 bits per heavy atom. The van der Waals surface area contributed by atoms with Crippen LogP contribution in [-0.4, -0.2) is 83.6 Å². The van der Waals surface area contributed by atoms with Gasteiger partial charge in [-0.05, 0) is 52.0 Å². The molecular weight excluding hydrogens is 632 g/mol. The maximum absolute atomic E-state index is 13.7. The smallest absolute Gasteiger partial charge is 0.373 e. The van der Waals surface area contributed by atoms with Crippen LogP contribution in [0.4, 0.5) is 0 Å². The van der Waals surface area contributed by atoms with E-state index in [9.17, 15) is 20.1 Å². The third kappa shape index (κ3) is 11.3. The number of rotatable bonds is 8. The van der Waals surface area contributed by atoms with Gasteiger partial charge in [-0.1, -0.05) is 89.1 Å². The predicted octanol–water partition coefficient (Wildman–Crippen LogP) is 6.93. The van der Waals surface area contributed by atoms with Crippen LogP contribution >= 0.6 is 11.6 Å². The van der Waals surface area contributed by atoms with E-state index in [2.05, 4.69) is 6.92 Å². The number of methoxy groups -OCH3 is 2. The highest BCUT2D eigenvalue weighted by molar-refractivity contribution is 6.20. The number of hydrogen-bond donors (Lipinski definition) is 3. The fourth-order valence-corrected chi connectivity index (χ4v) is 7.45. The van der Waals surface area contributed by atoms with Crippen molar-refractivity contribution in [3.05, 3.63) is 59.4 Å². The van der Waals surface area contributed by atoms with E-state index in [0.29, 0.717) is 24.8 Å². The zero-order chi connectivity index (χ0) is 36.3. The van der Waals surface area contributed by atoms with Gasteiger partial charge in [0.25, 0.3) is 0 Å². The van der Waals surface area contributed by atoms with Crippen molar-refractivity contribution in [2.75, 3.05) is 14.2 Å². The number of carbonyl (C=O) groups excluding carboxylic acids is 1. The summed E-state index contributed by atoms with van der Waals surface area (Å²) in [6.45, 7) is 17.5. The Morgan fingerprint density at radius 2 is 1.77 bits per heavy atom. The SMILES string of the molecule is C/C=C/[C@H]1O[C@@H]([C@@H](C)[C@H](O)[C@H](C)[C@H]2OC(=O)/C(OC)=C/C(C)=C/[C@@H](C)[C@@H](O)[C@@H](CC)[C@@H](O)[C@H](C)C/C(C)=C/C=C/[C@@H]2OC)C[C@H](Cl)[C@@H]1C. The zero-order valence-electron chi connectivity index (χ0n) is 31.0. The van der Waals surface area contributed by atoms with Gasteiger partial charge in [0.05, 0.1) is 37.6 Å². The van der Waals surface area contributed by atoms with Crippen molar-refractivity contribution in [3.8, 4) is 0 Å². The lowest BCUT2D eigenvalue weighted by atomic mass is 9.79. The molecule has 1 saturated heterocycles. The maximum atomic E-state index is 13.7. The maximum Gasteiger partial charge on any atom is 0.373 e. The molecule has 0 radical (unpaired) electrons. The summed E-state index contributed by atoms with van der Waals surface area (Å²) in [6.07, 6.45) is 10.4. The summed E-state index contributed by atoms with van der Waals surface area (Å²) < 4.78 is 23.9. The number of halogens is 1. The molecule has 2 heterocycles. The van der Waals surface area contributed by atoms with Gasteiger partial charge in [-0.15, -0.1) is 11.6 Å². The monoisotopic (exact) mass is 694 g/mol. The van der Waals surface area contributed by atoms with Crippen molar-refractivity contribution in [1.82, 2.24) is 0 Å². The molecule has 0 aromatic rings. The van der Waals surface area contributed by atoms with E-state index in [1.54, 1.807) is 13.2 Å². The number of aliphatic hydroxyl groups excluding tert-OH is 3. The number of alkyl halides is 1. The summed E-state index contributed by atoms with van der Waals surface area (Å²) in [7, 11) is 2.94. The molecule has 3 N–H and O–H groups in total. The van der Waals surface area contributed by atoms with Gasteiger partial charge in [0.15, 0.2) is 0 Å². The van der Waals surface area contributed by atoms with Crippen LogP contribution in [0.25, 0.3) is 0 Å². The largest absolute Gasteiger partial charge is 0.490 e. The lowest BCUT2D eigenvalue weighted by molar-refractivity contribution is -0.165. The quantitative estimate of drug-likeness (QED) is 0.143. The van der Waals surface area contributed by atoms with E-state index in [-0.39, 0.29) is 52.9 Å². The molecule has 0 unspecified atom stereocenters. The molecule has 0 aliphatic carbocycles. The molecule has 0 aromatic heterocycles. The first-order valence-electron chi connectivity index (χ1n) is 17.6. The number of cyclic esters (lactones) is 1. The number of esters is 1. The van der Waals surface area contributed by atoms with E-state index in [1.807, 2.05) is 91.8 Å². The molecular formula is C39H63ClO8. The molecule has 2 rings (SSSR count). The highest BCUT2D eigenvalue weighted by Crippen LogP contribution is 2.36. The van der Waals surface area contributed by atoms with E-state index in [4.69, 9.17) is 30.5 Å². The fourth-order valence-electron chi connectivity index (χ4n) is 7.14. The Bertz CT molecular complexity index is 1160. The minimum absolute atomic E-state index is 0.0228. The molecule has 9 heteroatoms. The minimum Gasteiger partial charge on any atom is -0.490 e. The number of aliphatic hydroxyl groups is 3. The highest BCUT2D eigenvalue weighted by atomic mass is 35.5. The Hall–Kier alpha value is -1.94. The Kier molecular flexibility index (Phi) is 17.6. The molecule has 0 aromatic carbocycles. The fraction of sp³-hybridized carbons (Fsp3) is 0.718. The molecule has 274 valence electrons. The van der Waals surface area contributed by atoms with Crippen LogP contribution < -0.4 is 0 Å². The molecule has 48 heavy (non-hydrogen) atoms. The Balaban J connectivity index is 2.54. The summed E-state index contributed by atoms with van der Waals surface area (Å²) in [5.41, 5.74) is 1.74. The Morgan fingerprint density at radius 3 is 2.35 bits per heavy atom. The van der Waals surface area contributed by atoms with Gasteiger partial charge in [-0.3, -0.25) is 0 Å². The molecule has 0 bridgehead atoms. The predicted molar refractivity (Wildman–Crippen MR) is 192 cm³/mol. The molecule has 0 spiro atoms. The minimum atomic E-state index is -0.926. The van der Waals surface area contributed by atoms with Gasteiger partial charge in [-0.25, -0.2) is 4.79 Å². The van der Waals surface area contributed by atoms with Crippen LogP contribution in [0.15, 0.2) is 59.4 Å². The van der Waals surface area contributed by atoms with Gasteiger partial charge in [0.1, 0.15) is 12.2 Å². The summed E-state index contributed by atoms with van der Waals surface area (Å²) in [5.74, 6) is -2.20. The average Bonchev–Trinajstić information content (AvgIpc) is 3.05. The molecule has 0 amide bonds. The second kappa shape index (κ2) is 20.0. The summed E-state index contributed by atoms with van der Waals surface area (Å²) in [4.78, 5) is 13.7. The summed E-state index contributed by atoms with van der Waals surface area (Å²) in [5, 5.41) is 34.2. The van der Waals surface area contributed by atoms with Gasteiger partial charge < -0.3 is 34.3 Å². The van der Waals surface area contributed by atoms with Crippen molar-refractivity contribution in [1.29, 1.82) is 0 Å². The lowest BCUT2D eigenvalue weighted by Crippen LogP contribution is -2.49. The number of ether oxygens (including phenoxy) is 4. The van der Waals surface area contributed by atoms with Gasteiger partial charge in [0.2, 0.25) is 5.76 Å². The standard InChI is InChI=1S/C39H63ClO8/c1-12-15-31-26(7)30(40)21-33(47-31)27(8)37(43)28(9)38-32(45-10)17-14-16-22(3)18-24(5)35(41)29(13-2)36(42)25(6)19-23(4)20-34(46-11)39(44)48-38/h12,14-17,19-20,24-33,35-38,41-43H,13,18,21H2,1-11H3/b15-12+,17-14+,22-16+,23-19+,34-20-/t24-,25-,26+,27-,28+,29+,30+,31-,32+,33-,35+,36-,37+,38-/m1/s1. The molecule has 0 saturated carbocycles. The van der Waals surface area contributed by atoms with Crippen molar-refractivity contribution in [2.24, 2.45) is 35.5 Å². The van der Waals surface area contributed by atoms with Crippen LogP contribution in [0.5, 0.6) is 0 Å². The third-order valence-corrected chi connectivity index (χ3v) is 11.0.